The first-order valence-corrected chi connectivity index (χ1v) is 6.14. The monoisotopic (exact) mass is 252 g/mol. The largest absolute Gasteiger partial charge is 0.352 e. The Balaban J connectivity index is 2.15. The Kier molecular flexibility index (Phi) is 3.24. The minimum Gasteiger partial charge on any atom is -0.352 e. The molecule has 2 heterocycles. The van der Waals surface area contributed by atoms with Crippen molar-refractivity contribution < 1.29 is 0 Å². The molecule has 0 fully saturated rings. The number of hydrogen-bond acceptors (Lipinski definition) is 3. The van der Waals surface area contributed by atoms with E-state index in [2.05, 4.69) is 36.2 Å². The SMILES string of the molecule is CCC(C)(C)CNc1nc2ccc(Cl)cn2n1. The first-order valence-electron chi connectivity index (χ1n) is 5.76. The summed E-state index contributed by atoms with van der Waals surface area (Å²) in [4.78, 5) is 4.37. The lowest BCUT2D eigenvalue weighted by Gasteiger charge is -2.22. The molecule has 0 aromatic carbocycles. The third-order valence-corrected chi connectivity index (χ3v) is 3.20. The number of nitrogens with zero attached hydrogens (tertiary/aromatic N) is 3. The van der Waals surface area contributed by atoms with Crippen LogP contribution in [-0.4, -0.2) is 21.1 Å². The van der Waals surface area contributed by atoms with E-state index in [0.717, 1.165) is 18.6 Å². The van der Waals surface area contributed by atoms with E-state index in [1.54, 1.807) is 10.7 Å². The van der Waals surface area contributed by atoms with Gasteiger partial charge in [-0.25, -0.2) is 4.52 Å². The van der Waals surface area contributed by atoms with Crippen LogP contribution in [0.5, 0.6) is 0 Å². The second-order valence-electron chi connectivity index (χ2n) is 4.96. The number of halogens is 1. The van der Waals surface area contributed by atoms with E-state index in [-0.39, 0.29) is 5.41 Å². The zero-order valence-electron chi connectivity index (χ0n) is 10.4. The highest BCUT2D eigenvalue weighted by atomic mass is 35.5. The normalized spacial score (nSPS) is 12.0. The van der Waals surface area contributed by atoms with Crippen LogP contribution in [0.3, 0.4) is 0 Å². The molecule has 17 heavy (non-hydrogen) atoms. The zero-order chi connectivity index (χ0) is 12.5. The summed E-state index contributed by atoms with van der Waals surface area (Å²) in [6.45, 7) is 7.46. The third-order valence-electron chi connectivity index (χ3n) is 2.98. The van der Waals surface area contributed by atoms with E-state index in [4.69, 9.17) is 11.6 Å². The zero-order valence-corrected chi connectivity index (χ0v) is 11.1. The van der Waals surface area contributed by atoms with Gasteiger partial charge in [0.2, 0.25) is 5.95 Å². The van der Waals surface area contributed by atoms with Gasteiger partial charge < -0.3 is 5.32 Å². The van der Waals surface area contributed by atoms with Crippen LogP contribution in [0.25, 0.3) is 5.65 Å². The fourth-order valence-electron chi connectivity index (χ4n) is 1.38. The fourth-order valence-corrected chi connectivity index (χ4v) is 1.53. The van der Waals surface area contributed by atoms with Crippen molar-refractivity contribution in [3.63, 3.8) is 0 Å². The summed E-state index contributed by atoms with van der Waals surface area (Å²) < 4.78 is 1.68. The van der Waals surface area contributed by atoms with Gasteiger partial charge in [0.25, 0.3) is 0 Å². The molecule has 2 rings (SSSR count). The second-order valence-corrected chi connectivity index (χ2v) is 5.39. The smallest absolute Gasteiger partial charge is 0.243 e. The van der Waals surface area contributed by atoms with E-state index in [0.29, 0.717) is 11.0 Å². The Labute approximate surface area is 106 Å². The van der Waals surface area contributed by atoms with Crippen molar-refractivity contribution in [2.45, 2.75) is 27.2 Å². The van der Waals surface area contributed by atoms with Gasteiger partial charge in [0, 0.05) is 12.7 Å². The van der Waals surface area contributed by atoms with Gasteiger partial charge in [-0.1, -0.05) is 32.4 Å². The predicted molar refractivity (Wildman–Crippen MR) is 70.6 cm³/mol. The van der Waals surface area contributed by atoms with Crippen molar-refractivity contribution in [3.05, 3.63) is 23.4 Å². The molecule has 0 aliphatic heterocycles. The molecular weight excluding hydrogens is 236 g/mol. The maximum Gasteiger partial charge on any atom is 0.243 e. The van der Waals surface area contributed by atoms with Crippen molar-refractivity contribution in [2.75, 3.05) is 11.9 Å². The third kappa shape index (κ3) is 2.88. The lowest BCUT2D eigenvalue weighted by atomic mass is 9.90. The summed E-state index contributed by atoms with van der Waals surface area (Å²) in [5.41, 5.74) is 1.04. The van der Waals surface area contributed by atoms with Crippen LogP contribution < -0.4 is 5.32 Å². The molecule has 4 nitrogen and oxygen atoms in total. The summed E-state index contributed by atoms with van der Waals surface area (Å²) in [5.74, 6) is 0.647. The van der Waals surface area contributed by atoms with Gasteiger partial charge in [0.1, 0.15) is 0 Å². The highest BCUT2D eigenvalue weighted by molar-refractivity contribution is 6.30. The molecule has 0 aliphatic rings. The van der Waals surface area contributed by atoms with Crippen molar-refractivity contribution in [1.29, 1.82) is 0 Å². The number of hydrogen-bond donors (Lipinski definition) is 1. The Morgan fingerprint density at radius 2 is 2.18 bits per heavy atom. The van der Waals surface area contributed by atoms with E-state index in [1.807, 2.05) is 12.1 Å². The van der Waals surface area contributed by atoms with Crippen LogP contribution >= 0.6 is 11.6 Å². The van der Waals surface area contributed by atoms with Gasteiger partial charge in [0.15, 0.2) is 5.65 Å². The van der Waals surface area contributed by atoms with E-state index in [9.17, 15) is 0 Å². The molecule has 0 radical (unpaired) electrons. The maximum absolute atomic E-state index is 5.89. The predicted octanol–water partition coefficient (Wildman–Crippen LogP) is 3.23. The Morgan fingerprint density at radius 3 is 2.88 bits per heavy atom. The Bertz CT molecular complexity index is 518. The summed E-state index contributed by atoms with van der Waals surface area (Å²) in [7, 11) is 0. The number of rotatable bonds is 4. The lowest BCUT2D eigenvalue weighted by Crippen LogP contribution is -2.22. The van der Waals surface area contributed by atoms with Crippen LogP contribution in [-0.2, 0) is 0 Å². The minimum absolute atomic E-state index is 0.245. The number of nitrogens with one attached hydrogen (secondary N) is 1. The number of anilines is 1. The molecule has 0 atom stereocenters. The molecule has 0 amide bonds. The van der Waals surface area contributed by atoms with Gasteiger partial charge >= 0.3 is 0 Å². The standard InChI is InChI=1S/C12H17ClN4/c1-4-12(2,3)8-14-11-15-10-6-5-9(13)7-17(10)16-11/h5-7H,4,8H2,1-3H3,(H,14,16). The number of aromatic nitrogens is 3. The highest BCUT2D eigenvalue weighted by Crippen LogP contribution is 2.20. The van der Waals surface area contributed by atoms with Crippen LogP contribution in [0.1, 0.15) is 27.2 Å². The van der Waals surface area contributed by atoms with E-state index < -0.39 is 0 Å². The van der Waals surface area contributed by atoms with Gasteiger partial charge in [-0.15, -0.1) is 5.10 Å². The topological polar surface area (TPSA) is 42.2 Å². The van der Waals surface area contributed by atoms with Crippen molar-refractivity contribution >= 4 is 23.2 Å². The molecule has 0 spiro atoms. The minimum atomic E-state index is 0.245. The quantitative estimate of drug-likeness (QED) is 0.909. The molecule has 0 saturated heterocycles. The van der Waals surface area contributed by atoms with Crippen LogP contribution in [0.2, 0.25) is 5.02 Å². The van der Waals surface area contributed by atoms with Crippen molar-refractivity contribution in [3.8, 4) is 0 Å². The molecule has 0 bridgehead atoms. The number of fused-ring (bicyclic) bond motifs is 1. The van der Waals surface area contributed by atoms with Crippen LogP contribution in [0.4, 0.5) is 5.95 Å². The van der Waals surface area contributed by atoms with Gasteiger partial charge in [-0.3, -0.25) is 0 Å². The van der Waals surface area contributed by atoms with Gasteiger partial charge in [0.05, 0.1) is 5.02 Å². The molecule has 92 valence electrons. The summed E-state index contributed by atoms with van der Waals surface area (Å²) in [6.07, 6.45) is 2.86. The molecule has 0 saturated carbocycles. The maximum atomic E-state index is 5.89. The van der Waals surface area contributed by atoms with Gasteiger partial charge in [-0.05, 0) is 24.0 Å². The van der Waals surface area contributed by atoms with Gasteiger partial charge in [-0.2, -0.15) is 4.98 Å². The first-order chi connectivity index (χ1) is 8.00. The van der Waals surface area contributed by atoms with E-state index in [1.165, 1.54) is 0 Å². The number of pyridine rings is 1. The highest BCUT2D eigenvalue weighted by Gasteiger charge is 2.15. The molecule has 0 unspecified atom stereocenters. The fraction of sp³-hybridized carbons (Fsp3) is 0.500. The summed E-state index contributed by atoms with van der Waals surface area (Å²) in [6, 6.07) is 3.66. The van der Waals surface area contributed by atoms with Crippen LogP contribution in [0, 0.1) is 5.41 Å². The molecule has 2 aromatic rings. The first kappa shape index (κ1) is 12.2. The Morgan fingerprint density at radius 1 is 1.41 bits per heavy atom. The molecule has 5 heteroatoms. The Hall–Kier alpha value is -1.29. The lowest BCUT2D eigenvalue weighted by molar-refractivity contribution is 0.376. The van der Waals surface area contributed by atoms with Crippen molar-refractivity contribution in [1.82, 2.24) is 14.6 Å². The summed E-state index contributed by atoms with van der Waals surface area (Å²) >= 11 is 5.89. The average molecular weight is 253 g/mol. The molecule has 1 N–H and O–H groups in total. The van der Waals surface area contributed by atoms with Crippen molar-refractivity contribution in [2.24, 2.45) is 5.41 Å². The average Bonchev–Trinajstić information content (AvgIpc) is 2.68. The molecule has 0 aliphatic carbocycles. The summed E-state index contributed by atoms with van der Waals surface area (Å²) in [5, 5.41) is 8.23. The van der Waals surface area contributed by atoms with E-state index >= 15 is 0 Å². The van der Waals surface area contributed by atoms with Crippen LogP contribution in [0.15, 0.2) is 18.3 Å². The second kappa shape index (κ2) is 4.53. The molecular formula is C12H17ClN4. The molecule has 2 aromatic heterocycles.